The van der Waals surface area contributed by atoms with Gasteiger partial charge in [-0.2, -0.15) is 0 Å². The van der Waals surface area contributed by atoms with Crippen LogP contribution in [0.5, 0.6) is 0 Å². The van der Waals surface area contributed by atoms with Gasteiger partial charge in [0.1, 0.15) is 11.9 Å². The zero-order chi connectivity index (χ0) is 17.8. The quantitative estimate of drug-likeness (QED) is 0.855. The first-order valence-corrected chi connectivity index (χ1v) is 8.38. The topological polar surface area (TPSA) is 64.5 Å². The van der Waals surface area contributed by atoms with E-state index in [1.807, 2.05) is 49.1 Å². The maximum atomic E-state index is 12.9. The van der Waals surface area contributed by atoms with Gasteiger partial charge in [0.15, 0.2) is 0 Å². The molecule has 1 aliphatic rings. The summed E-state index contributed by atoms with van der Waals surface area (Å²) in [6.07, 6.45) is -0.222. The van der Waals surface area contributed by atoms with Crippen molar-refractivity contribution in [2.45, 2.75) is 26.6 Å². The standard InChI is InChI=1S/C19H23N3O3/c1-13-9-17(21-14(2)20-13)18-11-22(7-8-25-18)19(23)16-6-4-5-15(10-16)12-24-3/h4-6,9-10,18H,7-8,11-12H2,1-3H3/t18-/m0/s1. The monoisotopic (exact) mass is 341 g/mol. The number of hydrogen-bond donors (Lipinski definition) is 0. The Balaban J connectivity index is 1.76. The van der Waals surface area contributed by atoms with Gasteiger partial charge in [0.2, 0.25) is 0 Å². The van der Waals surface area contributed by atoms with Crippen molar-refractivity contribution >= 4 is 5.91 Å². The number of methoxy groups -OCH3 is 1. The highest BCUT2D eigenvalue weighted by Gasteiger charge is 2.27. The molecule has 25 heavy (non-hydrogen) atoms. The summed E-state index contributed by atoms with van der Waals surface area (Å²) in [5.41, 5.74) is 3.39. The highest BCUT2D eigenvalue weighted by atomic mass is 16.5. The van der Waals surface area contributed by atoms with Crippen molar-refractivity contribution in [2.75, 3.05) is 26.8 Å². The van der Waals surface area contributed by atoms with E-state index in [4.69, 9.17) is 9.47 Å². The molecule has 0 spiro atoms. The van der Waals surface area contributed by atoms with Crippen LogP contribution in [0.3, 0.4) is 0 Å². The molecule has 0 saturated carbocycles. The van der Waals surface area contributed by atoms with Gasteiger partial charge in [-0.1, -0.05) is 12.1 Å². The first-order chi connectivity index (χ1) is 12.1. The number of amides is 1. The van der Waals surface area contributed by atoms with Crippen LogP contribution in [0.4, 0.5) is 0 Å². The summed E-state index contributed by atoms with van der Waals surface area (Å²) < 4.78 is 11.0. The maximum absolute atomic E-state index is 12.9. The fraction of sp³-hybridized carbons (Fsp3) is 0.421. The summed E-state index contributed by atoms with van der Waals surface area (Å²) in [5, 5.41) is 0. The first kappa shape index (κ1) is 17.5. The summed E-state index contributed by atoms with van der Waals surface area (Å²) >= 11 is 0. The molecule has 1 aromatic carbocycles. The van der Waals surface area contributed by atoms with Gasteiger partial charge >= 0.3 is 0 Å². The van der Waals surface area contributed by atoms with Crippen molar-refractivity contribution in [3.63, 3.8) is 0 Å². The summed E-state index contributed by atoms with van der Waals surface area (Å²) in [6, 6.07) is 9.48. The second-order valence-electron chi connectivity index (χ2n) is 6.23. The number of morpholine rings is 1. The Morgan fingerprint density at radius 1 is 1.32 bits per heavy atom. The third kappa shape index (κ3) is 4.21. The average Bonchev–Trinajstić information content (AvgIpc) is 2.61. The van der Waals surface area contributed by atoms with Crippen LogP contribution in [0.15, 0.2) is 30.3 Å². The van der Waals surface area contributed by atoms with Crippen LogP contribution in [0.25, 0.3) is 0 Å². The van der Waals surface area contributed by atoms with Gasteiger partial charge < -0.3 is 14.4 Å². The lowest BCUT2D eigenvalue weighted by Gasteiger charge is -2.33. The summed E-state index contributed by atoms with van der Waals surface area (Å²) in [4.78, 5) is 23.5. The van der Waals surface area contributed by atoms with Crippen molar-refractivity contribution in [3.05, 3.63) is 58.7 Å². The van der Waals surface area contributed by atoms with E-state index in [2.05, 4.69) is 9.97 Å². The minimum atomic E-state index is -0.222. The molecular formula is C19H23N3O3. The van der Waals surface area contributed by atoms with Crippen LogP contribution in [-0.2, 0) is 16.1 Å². The SMILES string of the molecule is COCc1cccc(C(=O)N2CCO[C@H](c3cc(C)nc(C)n3)C2)c1. The fourth-order valence-electron chi connectivity index (χ4n) is 3.07. The number of carbonyl (C=O) groups excluding carboxylic acids is 1. The van der Waals surface area contributed by atoms with E-state index < -0.39 is 0 Å². The Labute approximate surface area is 147 Å². The van der Waals surface area contributed by atoms with Gasteiger partial charge in [-0.05, 0) is 37.6 Å². The molecule has 0 radical (unpaired) electrons. The predicted octanol–water partition coefficient (Wildman–Crippen LogP) is 2.45. The summed E-state index contributed by atoms with van der Waals surface area (Å²) in [6.45, 7) is 5.85. The van der Waals surface area contributed by atoms with Crippen LogP contribution >= 0.6 is 0 Å². The Hall–Kier alpha value is -2.31. The van der Waals surface area contributed by atoms with E-state index in [1.165, 1.54) is 0 Å². The lowest BCUT2D eigenvalue weighted by molar-refractivity contribution is -0.0248. The maximum Gasteiger partial charge on any atom is 0.254 e. The highest BCUT2D eigenvalue weighted by molar-refractivity contribution is 5.94. The molecule has 2 aromatic rings. The molecule has 0 unspecified atom stereocenters. The second-order valence-corrected chi connectivity index (χ2v) is 6.23. The van der Waals surface area contributed by atoms with Crippen LogP contribution in [-0.4, -0.2) is 47.6 Å². The van der Waals surface area contributed by atoms with Gasteiger partial charge in [0, 0.05) is 24.9 Å². The van der Waals surface area contributed by atoms with E-state index in [-0.39, 0.29) is 12.0 Å². The van der Waals surface area contributed by atoms with Crippen LogP contribution < -0.4 is 0 Å². The van der Waals surface area contributed by atoms with Gasteiger partial charge in [-0.25, -0.2) is 9.97 Å². The number of hydrogen-bond acceptors (Lipinski definition) is 5. The van der Waals surface area contributed by atoms with Gasteiger partial charge in [-0.15, -0.1) is 0 Å². The number of nitrogens with zero attached hydrogens (tertiary/aromatic N) is 3. The molecule has 0 N–H and O–H groups in total. The molecule has 0 aliphatic carbocycles. The summed E-state index contributed by atoms with van der Waals surface area (Å²) in [7, 11) is 1.65. The van der Waals surface area contributed by atoms with Crippen LogP contribution in [0.2, 0.25) is 0 Å². The van der Waals surface area contributed by atoms with Crippen molar-refractivity contribution in [2.24, 2.45) is 0 Å². The average molecular weight is 341 g/mol. The third-order valence-corrected chi connectivity index (χ3v) is 4.15. The van der Waals surface area contributed by atoms with Crippen LogP contribution in [0.1, 0.15) is 39.2 Å². The zero-order valence-electron chi connectivity index (χ0n) is 14.9. The smallest absolute Gasteiger partial charge is 0.254 e. The Bertz CT molecular complexity index is 743. The fourth-order valence-corrected chi connectivity index (χ4v) is 3.07. The van der Waals surface area contributed by atoms with E-state index in [0.717, 1.165) is 17.0 Å². The third-order valence-electron chi connectivity index (χ3n) is 4.15. The van der Waals surface area contributed by atoms with E-state index in [0.29, 0.717) is 37.7 Å². The number of aromatic nitrogens is 2. The summed E-state index contributed by atoms with van der Waals surface area (Å²) in [5.74, 6) is 0.725. The zero-order valence-corrected chi connectivity index (χ0v) is 14.9. The number of aryl methyl sites for hydroxylation is 2. The Morgan fingerprint density at radius 2 is 2.16 bits per heavy atom. The molecule has 1 aliphatic heterocycles. The van der Waals surface area contributed by atoms with Crippen molar-refractivity contribution in [1.82, 2.24) is 14.9 Å². The van der Waals surface area contributed by atoms with E-state index >= 15 is 0 Å². The molecule has 6 nitrogen and oxygen atoms in total. The molecule has 132 valence electrons. The number of carbonyl (C=O) groups is 1. The predicted molar refractivity (Wildman–Crippen MR) is 93.3 cm³/mol. The lowest BCUT2D eigenvalue weighted by Crippen LogP contribution is -2.42. The molecule has 2 heterocycles. The molecule has 1 amide bonds. The first-order valence-electron chi connectivity index (χ1n) is 8.38. The molecule has 0 bridgehead atoms. The Morgan fingerprint density at radius 3 is 2.92 bits per heavy atom. The lowest BCUT2D eigenvalue weighted by atomic mass is 10.1. The van der Waals surface area contributed by atoms with Gasteiger partial charge in [0.25, 0.3) is 5.91 Å². The molecule has 1 saturated heterocycles. The van der Waals surface area contributed by atoms with Crippen molar-refractivity contribution in [3.8, 4) is 0 Å². The molecule has 6 heteroatoms. The largest absolute Gasteiger partial charge is 0.380 e. The van der Waals surface area contributed by atoms with E-state index in [9.17, 15) is 4.79 Å². The normalized spacial score (nSPS) is 17.6. The number of ether oxygens (including phenoxy) is 2. The molecule has 3 rings (SSSR count). The van der Waals surface area contributed by atoms with Crippen molar-refractivity contribution < 1.29 is 14.3 Å². The van der Waals surface area contributed by atoms with E-state index in [1.54, 1.807) is 7.11 Å². The molecule has 1 fully saturated rings. The highest BCUT2D eigenvalue weighted by Crippen LogP contribution is 2.22. The molecular weight excluding hydrogens is 318 g/mol. The van der Waals surface area contributed by atoms with Crippen LogP contribution in [0, 0.1) is 13.8 Å². The van der Waals surface area contributed by atoms with Gasteiger partial charge in [-0.3, -0.25) is 4.79 Å². The minimum absolute atomic E-state index is 0.00810. The number of benzene rings is 1. The number of rotatable bonds is 4. The second kappa shape index (κ2) is 7.72. The Kier molecular flexibility index (Phi) is 5.40. The van der Waals surface area contributed by atoms with Crippen molar-refractivity contribution in [1.29, 1.82) is 0 Å². The molecule has 1 aromatic heterocycles. The minimum Gasteiger partial charge on any atom is -0.380 e. The van der Waals surface area contributed by atoms with Gasteiger partial charge in [0.05, 0.1) is 25.5 Å². The molecule has 1 atom stereocenters.